The van der Waals surface area contributed by atoms with Crippen molar-refractivity contribution in [2.75, 3.05) is 23.3 Å². The van der Waals surface area contributed by atoms with Gasteiger partial charge in [0.15, 0.2) is 0 Å². The van der Waals surface area contributed by atoms with Crippen LogP contribution in [0.1, 0.15) is 19.3 Å². The molecule has 9 nitrogen and oxygen atoms in total. The molecule has 2 heterocycles. The monoisotopic (exact) mass is 442 g/mol. The Bertz CT molecular complexity index is 1230. The first-order valence-electron chi connectivity index (χ1n) is 10.2. The number of rotatable bonds is 6. The van der Waals surface area contributed by atoms with Crippen LogP contribution in [0.2, 0.25) is 0 Å². The number of carbonyl (C=O) groups excluding carboxylic acids is 1. The zero-order valence-electron chi connectivity index (χ0n) is 16.6. The summed E-state index contributed by atoms with van der Waals surface area (Å²) >= 11 is 0. The number of benzene rings is 2. The van der Waals surface area contributed by atoms with Crippen molar-refractivity contribution >= 4 is 38.7 Å². The van der Waals surface area contributed by atoms with E-state index >= 15 is 0 Å². The first-order chi connectivity index (χ1) is 14.9. The van der Waals surface area contributed by atoms with Crippen LogP contribution in [0.4, 0.5) is 11.6 Å². The van der Waals surface area contributed by atoms with Gasteiger partial charge in [-0.2, -0.15) is 8.42 Å². The number of amides is 1. The highest BCUT2D eigenvalue weighted by Crippen LogP contribution is 2.30. The number of nitrogens with zero attached hydrogens (tertiary/aromatic N) is 2. The second-order valence-corrected chi connectivity index (χ2v) is 9.49. The highest BCUT2D eigenvalue weighted by atomic mass is 32.2. The average molecular weight is 442 g/mol. The average Bonchev–Trinajstić information content (AvgIpc) is 3.39. The van der Waals surface area contributed by atoms with E-state index in [9.17, 15) is 18.3 Å². The summed E-state index contributed by atoms with van der Waals surface area (Å²) in [5, 5.41) is 12.4. The van der Waals surface area contributed by atoms with Crippen molar-refractivity contribution in [1.29, 1.82) is 0 Å². The van der Waals surface area contributed by atoms with Crippen LogP contribution in [0.15, 0.2) is 47.4 Å². The minimum Gasteiger partial charge on any atom is -0.391 e. The smallest absolute Gasteiger partial charge is 0.339 e. The molecule has 2 aromatic carbocycles. The fourth-order valence-corrected chi connectivity index (χ4v) is 4.56. The molecule has 0 bridgehead atoms. The van der Waals surface area contributed by atoms with E-state index in [0.29, 0.717) is 29.9 Å². The third-order valence-electron chi connectivity index (χ3n) is 5.50. The van der Waals surface area contributed by atoms with Gasteiger partial charge in [-0.25, -0.2) is 4.98 Å². The molecule has 1 amide bonds. The highest BCUT2D eigenvalue weighted by Gasteiger charge is 2.30. The summed E-state index contributed by atoms with van der Waals surface area (Å²) in [5.41, 5.74) is 2.00. The van der Waals surface area contributed by atoms with Gasteiger partial charge in [0, 0.05) is 30.8 Å². The molecule has 3 aromatic rings. The van der Waals surface area contributed by atoms with Crippen LogP contribution in [0, 0.1) is 5.92 Å². The van der Waals surface area contributed by atoms with Crippen LogP contribution in [-0.2, 0) is 14.9 Å². The number of β-amino-alcohol motifs (C(OH)–C–C–N with tert-alkyl or cyclic N) is 1. The fraction of sp³-hybridized carbons (Fsp3) is 0.333. The molecule has 1 aromatic heterocycles. The molecule has 1 saturated carbocycles. The van der Waals surface area contributed by atoms with Gasteiger partial charge >= 0.3 is 10.1 Å². The van der Waals surface area contributed by atoms with Gasteiger partial charge in [0.1, 0.15) is 10.6 Å². The van der Waals surface area contributed by atoms with E-state index in [1.54, 1.807) is 18.2 Å². The molecule has 5 rings (SSSR count). The lowest BCUT2D eigenvalue weighted by Gasteiger charge is -2.18. The predicted molar refractivity (Wildman–Crippen MR) is 115 cm³/mol. The molecule has 0 radical (unpaired) electrons. The summed E-state index contributed by atoms with van der Waals surface area (Å²) in [7, 11) is -4.02. The minimum absolute atomic E-state index is 0.0399. The lowest BCUT2D eigenvalue weighted by atomic mass is 10.3. The maximum Gasteiger partial charge on any atom is 0.339 e. The molecule has 162 valence electrons. The summed E-state index contributed by atoms with van der Waals surface area (Å²) in [6, 6.07) is 11.1. The number of H-pyrrole nitrogens is 1. The Morgan fingerprint density at radius 3 is 2.61 bits per heavy atom. The Hall–Kier alpha value is -3.11. The van der Waals surface area contributed by atoms with E-state index < -0.39 is 10.1 Å². The maximum atomic E-state index is 12.7. The van der Waals surface area contributed by atoms with E-state index in [1.165, 1.54) is 24.3 Å². The van der Waals surface area contributed by atoms with Crippen molar-refractivity contribution in [3.05, 3.63) is 42.5 Å². The van der Waals surface area contributed by atoms with Gasteiger partial charge in [-0.15, -0.1) is 0 Å². The molecule has 3 N–H and O–H groups in total. The molecular formula is C21H22N4O5S. The van der Waals surface area contributed by atoms with Gasteiger partial charge in [-0.05, 0) is 55.7 Å². The normalized spacial score (nSPS) is 19.0. The van der Waals surface area contributed by atoms with Crippen LogP contribution in [0.3, 0.4) is 0 Å². The van der Waals surface area contributed by atoms with Crippen LogP contribution in [0.25, 0.3) is 11.0 Å². The molecule has 1 unspecified atom stereocenters. The molecule has 31 heavy (non-hydrogen) atoms. The van der Waals surface area contributed by atoms with Gasteiger partial charge in [0.2, 0.25) is 11.9 Å². The Morgan fingerprint density at radius 2 is 1.94 bits per heavy atom. The molecule has 0 spiro atoms. The molecule has 1 saturated heterocycles. The number of hydrogen-bond acceptors (Lipinski definition) is 7. The number of nitrogens with one attached hydrogen (secondary N) is 2. The van der Waals surface area contributed by atoms with Gasteiger partial charge in [0.05, 0.1) is 17.1 Å². The largest absolute Gasteiger partial charge is 0.391 e. The lowest BCUT2D eigenvalue weighted by molar-refractivity contribution is -0.117. The summed E-state index contributed by atoms with van der Waals surface area (Å²) in [5.74, 6) is 0.460. The zero-order chi connectivity index (χ0) is 21.6. The number of aromatic nitrogens is 2. The van der Waals surface area contributed by atoms with Crippen molar-refractivity contribution < 1.29 is 22.5 Å². The molecule has 1 atom stereocenters. The van der Waals surface area contributed by atoms with Crippen molar-refractivity contribution in [2.45, 2.75) is 30.3 Å². The second-order valence-electron chi connectivity index (χ2n) is 7.95. The number of hydrogen-bond donors (Lipinski definition) is 3. The third-order valence-corrected chi connectivity index (χ3v) is 6.76. The number of carbonyl (C=O) groups is 1. The van der Waals surface area contributed by atoms with Gasteiger partial charge in [-0.3, -0.25) is 10.1 Å². The van der Waals surface area contributed by atoms with Crippen LogP contribution < -0.4 is 14.4 Å². The standard InChI is InChI=1S/C21H22N4O5S/c26-15-9-10-25(12-15)14-3-6-17(7-4-14)31(28,29)30-16-5-8-18-19(11-16)23-21(22-18)24-20(27)13-1-2-13/h3-8,11,13,15,26H,1-2,9-10,12H2,(H2,22,23,24,27). The summed E-state index contributed by atoms with van der Waals surface area (Å²) in [4.78, 5) is 21.2. The van der Waals surface area contributed by atoms with Crippen LogP contribution >= 0.6 is 0 Å². The zero-order valence-corrected chi connectivity index (χ0v) is 17.4. The molecule has 1 aliphatic carbocycles. The van der Waals surface area contributed by atoms with E-state index in [-0.39, 0.29) is 28.6 Å². The number of anilines is 2. The van der Waals surface area contributed by atoms with Crippen LogP contribution in [0.5, 0.6) is 5.75 Å². The highest BCUT2D eigenvalue weighted by molar-refractivity contribution is 7.87. The molecule has 2 fully saturated rings. The number of imidazole rings is 1. The van der Waals surface area contributed by atoms with Crippen molar-refractivity contribution in [2.24, 2.45) is 5.92 Å². The minimum atomic E-state index is -4.02. The fourth-order valence-electron chi connectivity index (χ4n) is 3.64. The summed E-state index contributed by atoms with van der Waals surface area (Å²) < 4.78 is 30.7. The topological polar surface area (TPSA) is 125 Å². The van der Waals surface area contributed by atoms with E-state index in [4.69, 9.17) is 4.18 Å². The summed E-state index contributed by atoms with van der Waals surface area (Å²) in [6.45, 7) is 1.27. The molecule has 2 aliphatic rings. The quantitative estimate of drug-likeness (QED) is 0.500. The molecule has 10 heteroatoms. The third kappa shape index (κ3) is 4.21. The van der Waals surface area contributed by atoms with E-state index in [2.05, 4.69) is 15.3 Å². The Morgan fingerprint density at radius 1 is 1.16 bits per heavy atom. The van der Waals surface area contributed by atoms with Gasteiger partial charge in [0.25, 0.3) is 0 Å². The number of aliphatic hydroxyl groups excluding tert-OH is 1. The van der Waals surface area contributed by atoms with Crippen molar-refractivity contribution in [3.63, 3.8) is 0 Å². The lowest BCUT2D eigenvalue weighted by Crippen LogP contribution is -2.21. The Labute approximate surface area is 179 Å². The number of aliphatic hydroxyl groups is 1. The van der Waals surface area contributed by atoms with Gasteiger partial charge < -0.3 is 19.2 Å². The SMILES string of the molecule is O=C(Nc1nc2ccc(OS(=O)(=O)c3ccc(N4CCC(O)C4)cc3)cc2[nH]1)C1CC1. The van der Waals surface area contributed by atoms with Crippen LogP contribution in [-0.4, -0.2) is 48.6 Å². The Balaban J connectivity index is 1.31. The first-order valence-corrected chi connectivity index (χ1v) is 11.6. The van der Waals surface area contributed by atoms with E-state index in [1.807, 2.05) is 4.90 Å². The number of fused-ring (bicyclic) bond motifs is 1. The Kier molecular flexibility index (Phi) is 4.82. The molecular weight excluding hydrogens is 420 g/mol. The first kappa shape index (κ1) is 19.8. The van der Waals surface area contributed by atoms with Crippen molar-refractivity contribution in [3.8, 4) is 5.75 Å². The van der Waals surface area contributed by atoms with E-state index in [0.717, 1.165) is 25.1 Å². The summed E-state index contributed by atoms with van der Waals surface area (Å²) in [6.07, 6.45) is 2.13. The number of aromatic amines is 1. The maximum absolute atomic E-state index is 12.7. The molecule has 1 aliphatic heterocycles. The van der Waals surface area contributed by atoms with Gasteiger partial charge in [-0.1, -0.05) is 0 Å². The second kappa shape index (κ2) is 7.54. The predicted octanol–water partition coefficient (Wildman–Crippen LogP) is 2.25. The van der Waals surface area contributed by atoms with Crippen molar-refractivity contribution in [1.82, 2.24) is 9.97 Å².